The minimum atomic E-state index is -3.60. The molecule has 6 nitrogen and oxygen atoms in total. The van der Waals surface area contributed by atoms with Gasteiger partial charge in [0.25, 0.3) is 10.0 Å². The van der Waals surface area contributed by atoms with E-state index in [1.807, 2.05) is 6.92 Å². The number of imidazole rings is 1. The fourth-order valence-corrected chi connectivity index (χ4v) is 3.90. The first-order valence-corrected chi connectivity index (χ1v) is 8.16. The van der Waals surface area contributed by atoms with Crippen LogP contribution in [-0.2, 0) is 16.6 Å². The largest absolute Gasteiger partial charge is 0.393 e. The number of hydrogen-bond donors (Lipinski definition) is 2. The fourth-order valence-electron chi connectivity index (χ4n) is 2.35. The molecule has 3 N–H and O–H groups in total. The van der Waals surface area contributed by atoms with Gasteiger partial charge in [-0.05, 0) is 19.8 Å². The number of nitrogens with two attached hydrogens (primary N) is 1. The van der Waals surface area contributed by atoms with Crippen LogP contribution in [0.15, 0.2) is 17.6 Å². The topological polar surface area (TPSA) is 90.0 Å². The van der Waals surface area contributed by atoms with Gasteiger partial charge in [0.2, 0.25) is 0 Å². The Morgan fingerprint density at radius 2 is 2.37 bits per heavy atom. The highest BCUT2D eigenvalue weighted by atomic mass is 32.2. The lowest BCUT2D eigenvalue weighted by atomic mass is 10.1. The molecule has 1 aromatic rings. The third-order valence-corrected chi connectivity index (χ3v) is 5.12. The highest BCUT2D eigenvalue weighted by molar-refractivity contribution is 7.89. The molecule has 19 heavy (non-hydrogen) atoms. The summed E-state index contributed by atoms with van der Waals surface area (Å²) in [6.45, 7) is 2.60. The highest BCUT2D eigenvalue weighted by Crippen LogP contribution is 2.27. The number of nitrogens with one attached hydrogen (secondary N) is 1. The SMILES string of the molecule is CCn1cnc(S(=O)(=O)NC2CCCC2C(N)=S)c1. The van der Waals surface area contributed by atoms with Crippen LogP contribution in [-0.4, -0.2) is 29.0 Å². The van der Waals surface area contributed by atoms with Crippen LogP contribution in [0.5, 0.6) is 0 Å². The minimum absolute atomic E-state index is 0.0444. The lowest BCUT2D eigenvalue weighted by molar-refractivity contribution is 0.523. The first-order chi connectivity index (χ1) is 8.94. The van der Waals surface area contributed by atoms with Gasteiger partial charge < -0.3 is 10.3 Å². The molecule has 0 saturated heterocycles. The van der Waals surface area contributed by atoms with Gasteiger partial charge in [-0.15, -0.1) is 0 Å². The van der Waals surface area contributed by atoms with Crippen LogP contribution in [0, 0.1) is 5.92 Å². The Hall–Kier alpha value is -0.990. The van der Waals surface area contributed by atoms with Gasteiger partial charge >= 0.3 is 0 Å². The number of rotatable bonds is 5. The molecule has 1 aromatic heterocycles. The van der Waals surface area contributed by atoms with Crippen LogP contribution in [0.3, 0.4) is 0 Å². The van der Waals surface area contributed by atoms with E-state index >= 15 is 0 Å². The predicted octanol–water partition coefficient (Wildman–Crippen LogP) is 0.636. The zero-order valence-electron chi connectivity index (χ0n) is 10.7. The van der Waals surface area contributed by atoms with Crippen molar-refractivity contribution >= 4 is 27.2 Å². The molecule has 0 aliphatic heterocycles. The molecule has 0 spiro atoms. The van der Waals surface area contributed by atoms with Crippen molar-refractivity contribution in [1.82, 2.24) is 14.3 Å². The molecule has 1 aliphatic rings. The predicted molar refractivity (Wildman–Crippen MR) is 76.1 cm³/mol. The van der Waals surface area contributed by atoms with Crippen LogP contribution in [0.1, 0.15) is 26.2 Å². The Labute approximate surface area is 118 Å². The van der Waals surface area contributed by atoms with Gasteiger partial charge in [0.05, 0.1) is 11.3 Å². The summed E-state index contributed by atoms with van der Waals surface area (Å²) in [7, 11) is -3.60. The maximum atomic E-state index is 12.2. The van der Waals surface area contributed by atoms with E-state index in [0.29, 0.717) is 11.5 Å². The van der Waals surface area contributed by atoms with Crippen molar-refractivity contribution in [1.29, 1.82) is 0 Å². The smallest absolute Gasteiger partial charge is 0.259 e. The van der Waals surface area contributed by atoms with E-state index in [0.717, 1.165) is 19.3 Å². The van der Waals surface area contributed by atoms with Crippen molar-refractivity contribution in [3.05, 3.63) is 12.5 Å². The monoisotopic (exact) mass is 302 g/mol. The summed E-state index contributed by atoms with van der Waals surface area (Å²) >= 11 is 4.98. The van der Waals surface area contributed by atoms with Crippen molar-refractivity contribution in [2.24, 2.45) is 11.7 Å². The summed E-state index contributed by atoms with van der Waals surface area (Å²) in [5, 5.41) is 0.0444. The van der Waals surface area contributed by atoms with Crippen LogP contribution < -0.4 is 10.5 Å². The molecule has 0 radical (unpaired) electrons. The molecule has 2 atom stereocenters. The van der Waals surface area contributed by atoms with E-state index in [1.165, 1.54) is 12.5 Å². The summed E-state index contributed by atoms with van der Waals surface area (Å²) in [4.78, 5) is 4.30. The Morgan fingerprint density at radius 3 is 2.95 bits per heavy atom. The van der Waals surface area contributed by atoms with Crippen LogP contribution >= 0.6 is 12.2 Å². The molecule has 1 saturated carbocycles. The van der Waals surface area contributed by atoms with Gasteiger partial charge in [0, 0.05) is 24.7 Å². The Bertz CT molecular complexity index is 567. The standard InChI is InChI=1S/C11H18N4O2S2/c1-2-15-6-10(13-7-15)19(16,17)14-9-5-3-4-8(9)11(12)18/h6-9,14H,2-5H2,1H3,(H2,12,18). The number of aryl methyl sites for hydroxylation is 1. The van der Waals surface area contributed by atoms with Crippen LogP contribution in [0.2, 0.25) is 0 Å². The molecule has 0 bridgehead atoms. The second-order valence-electron chi connectivity index (χ2n) is 4.71. The van der Waals surface area contributed by atoms with Gasteiger partial charge in [0.1, 0.15) is 0 Å². The van der Waals surface area contributed by atoms with Crippen molar-refractivity contribution < 1.29 is 8.42 Å². The summed E-state index contributed by atoms with van der Waals surface area (Å²) < 4.78 is 28.8. The molecule has 1 heterocycles. The summed E-state index contributed by atoms with van der Waals surface area (Å²) in [6.07, 6.45) is 5.56. The van der Waals surface area contributed by atoms with Gasteiger partial charge in [-0.2, -0.15) is 0 Å². The lowest BCUT2D eigenvalue weighted by Gasteiger charge is -2.19. The normalized spacial score (nSPS) is 23.6. The molecule has 2 rings (SSSR count). The third-order valence-electron chi connectivity index (χ3n) is 3.44. The Balaban J connectivity index is 2.15. The molecular formula is C11H18N4O2S2. The molecule has 8 heteroatoms. The summed E-state index contributed by atoms with van der Waals surface area (Å²) in [5.74, 6) is -0.0574. The first kappa shape index (κ1) is 14.4. The zero-order chi connectivity index (χ0) is 14.0. The number of hydrogen-bond acceptors (Lipinski definition) is 4. The first-order valence-electron chi connectivity index (χ1n) is 6.27. The van der Waals surface area contributed by atoms with E-state index in [2.05, 4.69) is 9.71 Å². The van der Waals surface area contributed by atoms with E-state index in [1.54, 1.807) is 4.57 Å². The average Bonchev–Trinajstić information content (AvgIpc) is 2.95. The van der Waals surface area contributed by atoms with Gasteiger partial charge in [-0.3, -0.25) is 0 Å². The van der Waals surface area contributed by atoms with Crippen molar-refractivity contribution in [2.75, 3.05) is 0 Å². The molecular weight excluding hydrogens is 284 g/mol. The molecule has 0 amide bonds. The van der Waals surface area contributed by atoms with E-state index in [9.17, 15) is 8.42 Å². The number of thiocarbonyl (C=S) groups is 1. The van der Waals surface area contributed by atoms with Gasteiger partial charge in [-0.25, -0.2) is 18.1 Å². The molecule has 1 fully saturated rings. The average molecular weight is 302 g/mol. The second kappa shape index (κ2) is 5.56. The maximum Gasteiger partial charge on any atom is 0.259 e. The summed E-state index contributed by atoms with van der Waals surface area (Å²) in [5.41, 5.74) is 5.65. The second-order valence-corrected chi connectivity index (χ2v) is 6.84. The minimum Gasteiger partial charge on any atom is -0.393 e. The molecule has 106 valence electrons. The van der Waals surface area contributed by atoms with E-state index in [4.69, 9.17) is 18.0 Å². The number of sulfonamides is 1. The number of aromatic nitrogens is 2. The van der Waals surface area contributed by atoms with Gasteiger partial charge in [-0.1, -0.05) is 18.6 Å². The van der Waals surface area contributed by atoms with Crippen LogP contribution in [0.4, 0.5) is 0 Å². The van der Waals surface area contributed by atoms with Gasteiger partial charge in [0.15, 0.2) is 5.03 Å². The van der Waals surface area contributed by atoms with E-state index in [-0.39, 0.29) is 17.0 Å². The number of nitrogens with zero attached hydrogens (tertiary/aromatic N) is 2. The quantitative estimate of drug-likeness (QED) is 0.779. The fraction of sp³-hybridized carbons (Fsp3) is 0.636. The molecule has 0 aromatic carbocycles. The third kappa shape index (κ3) is 3.13. The zero-order valence-corrected chi connectivity index (χ0v) is 12.4. The summed E-state index contributed by atoms with van der Waals surface area (Å²) in [6, 6.07) is -0.214. The van der Waals surface area contributed by atoms with E-state index < -0.39 is 10.0 Å². The van der Waals surface area contributed by atoms with Crippen molar-refractivity contribution in [2.45, 2.75) is 43.8 Å². The maximum absolute atomic E-state index is 12.2. The lowest BCUT2D eigenvalue weighted by Crippen LogP contribution is -2.41. The van der Waals surface area contributed by atoms with Crippen molar-refractivity contribution in [3.8, 4) is 0 Å². The molecule has 1 aliphatic carbocycles. The van der Waals surface area contributed by atoms with Crippen LogP contribution in [0.25, 0.3) is 0 Å². The Morgan fingerprint density at radius 1 is 1.63 bits per heavy atom. The van der Waals surface area contributed by atoms with Crippen molar-refractivity contribution in [3.63, 3.8) is 0 Å². The highest BCUT2D eigenvalue weighted by Gasteiger charge is 2.33. The Kier molecular flexibility index (Phi) is 4.22. The molecule has 2 unspecified atom stereocenters.